The normalized spacial score (nSPS) is 8.72. The molecule has 0 saturated carbocycles. The quantitative estimate of drug-likeness (QED) is 0.313. The molecule has 0 rings (SSSR count). The van der Waals surface area contributed by atoms with Gasteiger partial charge in [0.05, 0.1) is 19.8 Å². The molecule has 0 aromatic rings. The van der Waals surface area contributed by atoms with E-state index in [-0.39, 0.29) is 25.3 Å². The van der Waals surface area contributed by atoms with Crippen LogP contribution in [0, 0.1) is 0 Å². The van der Waals surface area contributed by atoms with Gasteiger partial charge < -0.3 is 25.9 Å². The SMILES string of the molecule is CCCO.N[CH2][Na].O.OCCN(CCO)CCO. The molecule has 0 aliphatic heterocycles. The number of nitrogens with zero attached hydrogens (tertiary/aromatic N) is 1. The Morgan fingerprint density at radius 1 is 0.889 bits per heavy atom. The van der Waals surface area contributed by atoms with Crippen molar-refractivity contribution in [1.82, 2.24) is 4.90 Å². The van der Waals surface area contributed by atoms with E-state index in [0.29, 0.717) is 26.2 Å². The number of aliphatic hydroxyl groups excluding tert-OH is 4. The topological polar surface area (TPSA) is 142 Å². The summed E-state index contributed by atoms with van der Waals surface area (Å²) in [5, 5.41) is 33.3. The first-order valence-corrected chi connectivity index (χ1v) is 7.45. The molecule has 8 heteroatoms. The van der Waals surface area contributed by atoms with Gasteiger partial charge in [-0.15, -0.1) is 0 Å². The molecule has 0 fully saturated rings. The first kappa shape index (κ1) is 27.1. The fourth-order valence-corrected chi connectivity index (χ4v) is 0.760. The predicted molar refractivity (Wildman–Crippen MR) is 73.5 cm³/mol. The standard InChI is InChI=1S/C6H15NO3.C3H8O.CH4N.Na.H2O/c8-4-1-7(2-5-9)3-6-10;1-2-3-4;1-2;;/h8-10H,1-6H2;4H,2-3H2,1H3;1-2H2;;1H2. The third kappa shape index (κ3) is 36.0. The molecule has 0 unspecified atom stereocenters. The zero-order valence-electron chi connectivity index (χ0n) is 11.7. The minimum absolute atomic E-state index is 0. The average Bonchev–Trinajstić information content (AvgIpc) is 2.31. The summed E-state index contributed by atoms with van der Waals surface area (Å²) < 4.78 is 0.889. The Bertz CT molecular complexity index is 98.0. The summed E-state index contributed by atoms with van der Waals surface area (Å²) in [6.07, 6.45) is 0.875. The Balaban J connectivity index is -0.000000103. The molecule has 18 heavy (non-hydrogen) atoms. The molecular formula is C10H29N2NaO5. The van der Waals surface area contributed by atoms with Gasteiger partial charge in [-0.1, -0.05) is 6.92 Å². The van der Waals surface area contributed by atoms with Crippen LogP contribution in [0.4, 0.5) is 0 Å². The average molecular weight is 280 g/mol. The molecule has 0 amide bonds. The van der Waals surface area contributed by atoms with E-state index in [0.717, 1.165) is 38.1 Å². The predicted octanol–water partition coefficient (Wildman–Crippen LogP) is -3.10. The van der Waals surface area contributed by atoms with Crippen LogP contribution in [0.15, 0.2) is 0 Å². The van der Waals surface area contributed by atoms with Crippen LogP contribution in [0.25, 0.3) is 0 Å². The van der Waals surface area contributed by atoms with Gasteiger partial charge in [0.1, 0.15) is 0 Å². The largest absolute Gasteiger partial charge is 0.412 e. The first-order valence-electron chi connectivity index (χ1n) is 6.04. The van der Waals surface area contributed by atoms with Gasteiger partial charge in [0, 0.05) is 26.2 Å². The summed E-state index contributed by atoms with van der Waals surface area (Å²) in [5.41, 5.74) is 4.91. The van der Waals surface area contributed by atoms with Crippen LogP contribution in [-0.2, 0) is 0 Å². The van der Waals surface area contributed by atoms with E-state index in [1.54, 1.807) is 4.90 Å². The van der Waals surface area contributed by atoms with Crippen LogP contribution in [0.3, 0.4) is 0 Å². The molecule has 0 saturated heterocycles. The van der Waals surface area contributed by atoms with Gasteiger partial charge >= 0.3 is 37.5 Å². The van der Waals surface area contributed by atoms with Crippen LogP contribution in [-0.4, -0.2) is 109 Å². The fourth-order valence-electron chi connectivity index (χ4n) is 0.760. The molecular weight excluding hydrogens is 251 g/mol. The second kappa shape index (κ2) is 30.6. The van der Waals surface area contributed by atoms with Crippen LogP contribution in [0.2, 0.25) is 0 Å². The molecule has 0 atom stereocenters. The van der Waals surface area contributed by atoms with Crippen molar-refractivity contribution in [3.8, 4) is 0 Å². The Kier molecular flexibility index (Phi) is 46.1. The van der Waals surface area contributed by atoms with Crippen LogP contribution < -0.4 is 5.73 Å². The van der Waals surface area contributed by atoms with Gasteiger partial charge in [0.15, 0.2) is 0 Å². The molecule has 8 N–H and O–H groups in total. The minimum atomic E-state index is 0. The third-order valence-electron chi connectivity index (χ3n) is 1.47. The van der Waals surface area contributed by atoms with E-state index in [9.17, 15) is 0 Å². The van der Waals surface area contributed by atoms with Gasteiger partial charge in [-0.25, -0.2) is 0 Å². The number of rotatable bonds is 7. The zero-order chi connectivity index (χ0) is 13.9. The van der Waals surface area contributed by atoms with E-state index in [1.807, 2.05) is 6.92 Å². The van der Waals surface area contributed by atoms with Crippen molar-refractivity contribution in [2.45, 2.75) is 13.3 Å². The van der Waals surface area contributed by atoms with E-state index >= 15 is 0 Å². The van der Waals surface area contributed by atoms with Gasteiger partial charge in [0.25, 0.3) is 0 Å². The molecule has 7 nitrogen and oxygen atoms in total. The summed E-state index contributed by atoms with van der Waals surface area (Å²) in [4.78, 5) is 1.79. The minimum Gasteiger partial charge on any atom is -0.412 e. The molecule has 0 aliphatic carbocycles. The molecule has 110 valence electrons. The Morgan fingerprint density at radius 2 is 1.11 bits per heavy atom. The van der Waals surface area contributed by atoms with E-state index in [1.165, 1.54) is 0 Å². The number of aliphatic hydroxyl groups is 4. The first-order chi connectivity index (χ1) is 8.17. The number of hydrogen-bond acceptors (Lipinski definition) is 6. The van der Waals surface area contributed by atoms with Gasteiger partial charge in [-0.3, -0.25) is 4.90 Å². The van der Waals surface area contributed by atoms with Crippen molar-refractivity contribution in [3.05, 3.63) is 0 Å². The number of hydrogen-bond donors (Lipinski definition) is 5. The van der Waals surface area contributed by atoms with E-state index < -0.39 is 0 Å². The summed E-state index contributed by atoms with van der Waals surface area (Å²) in [7, 11) is 0. The molecule has 0 aliphatic rings. The molecule has 0 aromatic carbocycles. The zero-order valence-corrected chi connectivity index (χ0v) is 13.7. The smallest absolute Gasteiger partial charge is 0.0558 e. The van der Waals surface area contributed by atoms with E-state index in [2.05, 4.69) is 0 Å². The molecule has 0 heterocycles. The molecule has 0 aromatic heterocycles. The van der Waals surface area contributed by atoms with Crippen molar-refractivity contribution in [3.63, 3.8) is 0 Å². The Hall–Kier alpha value is 0.720. The second-order valence-corrected chi connectivity index (χ2v) is 3.96. The Morgan fingerprint density at radius 3 is 1.22 bits per heavy atom. The second-order valence-electron chi connectivity index (χ2n) is 3.14. The maximum Gasteiger partial charge on any atom is 0.0558 e. The molecule has 0 bridgehead atoms. The van der Waals surface area contributed by atoms with Gasteiger partial charge in [0.2, 0.25) is 0 Å². The molecule has 0 spiro atoms. The third-order valence-corrected chi connectivity index (χ3v) is 1.47. The Labute approximate surface area is 127 Å². The summed E-state index contributed by atoms with van der Waals surface area (Å²) in [6.45, 7) is 4.00. The monoisotopic (exact) mass is 280 g/mol. The maximum atomic E-state index is 8.48. The van der Waals surface area contributed by atoms with Gasteiger partial charge in [-0.2, -0.15) is 0 Å². The van der Waals surface area contributed by atoms with Gasteiger partial charge in [-0.05, 0) is 6.42 Å². The molecule has 0 radical (unpaired) electrons. The summed E-state index contributed by atoms with van der Waals surface area (Å²) in [5.74, 6) is 0. The summed E-state index contributed by atoms with van der Waals surface area (Å²) >= 11 is 1.15. The fraction of sp³-hybridized carbons (Fsp3) is 1.00. The maximum absolute atomic E-state index is 8.48. The van der Waals surface area contributed by atoms with Crippen molar-refractivity contribution < 1.29 is 25.9 Å². The number of nitrogens with two attached hydrogens (primary N) is 1. The van der Waals surface area contributed by atoms with Crippen molar-refractivity contribution in [2.24, 2.45) is 5.73 Å². The van der Waals surface area contributed by atoms with Crippen molar-refractivity contribution in [1.29, 1.82) is 0 Å². The van der Waals surface area contributed by atoms with Crippen molar-refractivity contribution in [2.75, 3.05) is 49.9 Å². The van der Waals surface area contributed by atoms with Crippen LogP contribution in [0.5, 0.6) is 0 Å². The van der Waals surface area contributed by atoms with Crippen LogP contribution in [0.1, 0.15) is 13.3 Å². The van der Waals surface area contributed by atoms with E-state index in [4.69, 9.17) is 26.2 Å². The van der Waals surface area contributed by atoms with Crippen LogP contribution >= 0.6 is 0 Å². The van der Waals surface area contributed by atoms with Crippen molar-refractivity contribution >= 4 is 27.9 Å². The summed E-state index contributed by atoms with van der Waals surface area (Å²) in [6, 6.07) is 0.